The van der Waals surface area contributed by atoms with Crippen molar-refractivity contribution >= 4 is 27.5 Å². The van der Waals surface area contributed by atoms with Crippen molar-refractivity contribution in [3.8, 4) is 0 Å². The number of nitrogens with one attached hydrogen (secondary N) is 1. The quantitative estimate of drug-likeness (QED) is 0.795. The zero-order chi connectivity index (χ0) is 20.7. The first-order valence-electron chi connectivity index (χ1n) is 8.64. The van der Waals surface area contributed by atoms with Crippen LogP contribution in [0, 0.1) is 0 Å². The van der Waals surface area contributed by atoms with Crippen molar-refractivity contribution in [1.82, 2.24) is 19.9 Å². The van der Waals surface area contributed by atoms with Crippen LogP contribution < -0.4 is 5.32 Å². The van der Waals surface area contributed by atoms with Crippen molar-refractivity contribution in [2.24, 2.45) is 0 Å². The number of ether oxygens (including phenoxy) is 2. The van der Waals surface area contributed by atoms with Crippen LogP contribution in [0.25, 0.3) is 5.65 Å². The zero-order valence-electron chi connectivity index (χ0n) is 15.5. The van der Waals surface area contributed by atoms with Crippen molar-refractivity contribution in [3.05, 3.63) is 28.1 Å². The third-order valence-electron chi connectivity index (χ3n) is 3.70. The molecule has 1 aliphatic rings. The van der Waals surface area contributed by atoms with Crippen LogP contribution in [-0.4, -0.2) is 46.1 Å². The van der Waals surface area contributed by atoms with Crippen LogP contribution in [0.3, 0.4) is 0 Å². The van der Waals surface area contributed by atoms with Crippen LogP contribution in [-0.2, 0) is 16.1 Å². The first-order valence-corrected chi connectivity index (χ1v) is 7.94. The summed E-state index contributed by atoms with van der Waals surface area (Å²) in [6, 6.07) is 0.929. The van der Waals surface area contributed by atoms with Crippen LogP contribution >= 0.6 is 15.9 Å². The van der Waals surface area contributed by atoms with Gasteiger partial charge in [-0.05, 0) is 34.8 Å². The van der Waals surface area contributed by atoms with Gasteiger partial charge in [-0.2, -0.15) is 5.10 Å². The molecular formula is C14H14BrF3N4O3. The van der Waals surface area contributed by atoms with E-state index in [4.69, 9.17) is 8.85 Å². The van der Waals surface area contributed by atoms with Crippen LogP contribution in [0.1, 0.15) is 33.1 Å². The number of amides is 1. The molecule has 0 saturated heterocycles. The van der Waals surface area contributed by atoms with E-state index in [2.05, 4.69) is 36.1 Å². The number of aromatic nitrogens is 3. The number of hydrogen-bond acceptors (Lipinski definition) is 5. The van der Waals surface area contributed by atoms with Crippen molar-refractivity contribution in [2.75, 3.05) is 7.04 Å². The number of methoxy groups -OCH3 is 1. The summed E-state index contributed by atoms with van der Waals surface area (Å²) in [6.45, 7) is -0.333. The van der Waals surface area contributed by atoms with Crippen LogP contribution in [0.2, 0.25) is 0 Å². The van der Waals surface area contributed by atoms with Gasteiger partial charge in [0.2, 0.25) is 0 Å². The Bertz CT molecular complexity index is 884. The van der Waals surface area contributed by atoms with Gasteiger partial charge in [0, 0.05) is 19.3 Å². The minimum atomic E-state index is -4.70. The Labute approximate surface area is 152 Å². The number of nitrogens with zero attached hydrogens (tertiary/aromatic N) is 3. The maximum absolute atomic E-state index is 12.5. The third kappa shape index (κ3) is 3.93. The van der Waals surface area contributed by atoms with Gasteiger partial charge in [-0.3, -0.25) is 9.53 Å². The second-order valence-electron chi connectivity index (χ2n) is 5.44. The summed E-state index contributed by atoms with van der Waals surface area (Å²) < 4.78 is 67.9. The van der Waals surface area contributed by atoms with E-state index in [0.717, 1.165) is 0 Å². The molecule has 0 atom stereocenters. The summed E-state index contributed by atoms with van der Waals surface area (Å²) in [5.41, 5.74) is 0.584. The monoisotopic (exact) mass is 425 g/mol. The highest BCUT2D eigenvalue weighted by molar-refractivity contribution is 9.10. The lowest BCUT2D eigenvalue weighted by Gasteiger charge is -2.35. The van der Waals surface area contributed by atoms with E-state index in [0.29, 0.717) is 4.47 Å². The Morgan fingerprint density at radius 2 is 2.32 bits per heavy atom. The molecule has 0 aliphatic heterocycles. The molecule has 0 spiro atoms. The molecule has 1 N–H and O–H groups in total. The molecule has 1 aliphatic carbocycles. The van der Waals surface area contributed by atoms with Gasteiger partial charge in [0.05, 0.1) is 21.3 Å². The molecule has 0 radical (unpaired) electrons. The molecular weight excluding hydrogens is 409 g/mol. The first-order chi connectivity index (χ1) is 12.9. The molecule has 11 heteroatoms. The maximum Gasteiger partial charge on any atom is 0.522 e. The fourth-order valence-corrected chi connectivity index (χ4v) is 2.99. The van der Waals surface area contributed by atoms with E-state index in [1.807, 2.05) is 0 Å². The Balaban J connectivity index is 1.70. The fraction of sp³-hybridized carbons (Fsp3) is 0.500. The number of alkyl halides is 3. The average molecular weight is 426 g/mol. The SMILES string of the molecule is [2H]C([2H])([2H])OCc1nn2c(C(=O)N[C@H]3C[C@@H](OC(F)(F)F)C3)ccnc2c1Br. The van der Waals surface area contributed by atoms with Crippen molar-refractivity contribution in [1.29, 1.82) is 0 Å². The zero-order valence-corrected chi connectivity index (χ0v) is 14.1. The lowest BCUT2D eigenvalue weighted by Crippen LogP contribution is -2.49. The van der Waals surface area contributed by atoms with Gasteiger partial charge < -0.3 is 10.1 Å². The van der Waals surface area contributed by atoms with Gasteiger partial charge in [0.1, 0.15) is 11.4 Å². The van der Waals surface area contributed by atoms with Crippen molar-refractivity contribution < 1.29 is 31.6 Å². The summed E-state index contributed by atoms with van der Waals surface area (Å²) >= 11 is 3.25. The second-order valence-corrected chi connectivity index (χ2v) is 6.24. The minimum Gasteiger partial charge on any atom is -0.378 e. The van der Waals surface area contributed by atoms with Gasteiger partial charge in [0.25, 0.3) is 5.91 Å². The number of halogens is 4. The number of rotatable bonds is 5. The van der Waals surface area contributed by atoms with Crippen LogP contribution in [0.5, 0.6) is 0 Å². The molecule has 1 saturated carbocycles. The number of fused-ring (bicyclic) bond motifs is 1. The first kappa shape index (κ1) is 14.4. The summed E-state index contributed by atoms with van der Waals surface area (Å²) in [4.78, 5) is 16.6. The molecule has 3 rings (SSSR count). The molecule has 1 amide bonds. The second kappa shape index (κ2) is 6.89. The maximum atomic E-state index is 12.5. The van der Waals surface area contributed by atoms with E-state index in [1.165, 1.54) is 16.8 Å². The summed E-state index contributed by atoms with van der Waals surface area (Å²) in [5, 5.41) is 6.76. The molecule has 2 aromatic rings. The predicted octanol–water partition coefficient (Wildman–Crippen LogP) is 2.44. The highest BCUT2D eigenvalue weighted by Gasteiger charge is 2.40. The lowest BCUT2D eigenvalue weighted by atomic mass is 9.89. The Hall–Kier alpha value is -1.72. The van der Waals surface area contributed by atoms with Gasteiger partial charge in [0.15, 0.2) is 5.65 Å². The average Bonchev–Trinajstić information content (AvgIpc) is 2.85. The van der Waals surface area contributed by atoms with Gasteiger partial charge >= 0.3 is 6.36 Å². The van der Waals surface area contributed by atoms with E-state index in [9.17, 15) is 18.0 Å². The number of hydrogen-bond donors (Lipinski definition) is 1. The van der Waals surface area contributed by atoms with E-state index >= 15 is 0 Å². The molecule has 136 valence electrons. The molecule has 2 aromatic heterocycles. The van der Waals surface area contributed by atoms with Gasteiger partial charge in [-0.1, -0.05) is 0 Å². The molecule has 0 bridgehead atoms. The highest BCUT2D eigenvalue weighted by atomic mass is 79.9. The molecule has 0 unspecified atom stereocenters. The van der Waals surface area contributed by atoms with E-state index in [1.54, 1.807) is 0 Å². The molecule has 0 aromatic carbocycles. The van der Waals surface area contributed by atoms with Gasteiger partial charge in [-0.15, -0.1) is 13.2 Å². The van der Waals surface area contributed by atoms with Crippen LogP contribution in [0.4, 0.5) is 13.2 Å². The smallest absolute Gasteiger partial charge is 0.378 e. The Morgan fingerprint density at radius 3 is 3.00 bits per heavy atom. The summed E-state index contributed by atoms with van der Waals surface area (Å²) in [5.74, 6) is -0.554. The molecule has 25 heavy (non-hydrogen) atoms. The topological polar surface area (TPSA) is 77.8 Å². The summed E-state index contributed by atoms with van der Waals surface area (Å²) in [7, 11) is -2.61. The molecule has 2 heterocycles. The Kier molecular flexibility index (Phi) is 3.98. The van der Waals surface area contributed by atoms with Crippen molar-refractivity contribution in [2.45, 2.75) is 38.0 Å². The standard InChI is InChI=1S/C14H14BrF3N4O3/c1-24-6-9-11(15)12-19-3-2-10(22(12)21-9)13(23)20-7-4-8(5-7)25-14(16,17)18/h2-3,7-8H,4-6H2,1H3,(H,20,23)/t7-,8+/i1D3. The third-order valence-corrected chi connectivity index (χ3v) is 4.51. The molecule has 7 nitrogen and oxygen atoms in total. The number of carbonyl (C=O) groups is 1. The van der Waals surface area contributed by atoms with Crippen molar-refractivity contribution in [3.63, 3.8) is 0 Å². The minimum absolute atomic E-state index is 0.0416. The Morgan fingerprint density at radius 1 is 1.56 bits per heavy atom. The van der Waals surface area contributed by atoms with Crippen LogP contribution in [0.15, 0.2) is 16.7 Å². The fourth-order valence-electron chi connectivity index (χ4n) is 2.52. The van der Waals surface area contributed by atoms with Gasteiger partial charge in [-0.25, -0.2) is 9.50 Å². The summed E-state index contributed by atoms with van der Waals surface area (Å²) in [6.07, 6.45) is -4.24. The predicted molar refractivity (Wildman–Crippen MR) is 82.8 cm³/mol. The highest BCUT2D eigenvalue weighted by Crippen LogP contribution is 2.30. The van der Waals surface area contributed by atoms with E-state index in [-0.39, 0.29) is 36.5 Å². The largest absolute Gasteiger partial charge is 0.522 e. The molecule has 1 fully saturated rings. The lowest BCUT2D eigenvalue weighted by molar-refractivity contribution is -0.351. The normalized spacial score (nSPS) is 22.8. The number of carbonyl (C=O) groups excluding carboxylic acids is 1. The van der Waals surface area contributed by atoms with E-state index < -0.39 is 31.5 Å².